The second kappa shape index (κ2) is 24.4. The van der Waals surface area contributed by atoms with Gasteiger partial charge in [0.25, 0.3) is 0 Å². The van der Waals surface area contributed by atoms with E-state index < -0.39 is 0 Å². The summed E-state index contributed by atoms with van der Waals surface area (Å²) in [6.07, 6.45) is 8.19. The lowest BCUT2D eigenvalue weighted by Crippen LogP contribution is -2.01. The first-order valence-corrected chi connectivity index (χ1v) is 33.9. The van der Waals surface area contributed by atoms with Crippen LogP contribution in [0, 0.1) is 0 Å². The zero-order valence-corrected chi connectivity index (χ0v) is 54.6. The highest BCUT2D eigenvalue weighted by atomic mass is 15.3. The van der Waals surface area contributed by atoms with Gasteiger partial charge < -0.3 is 9.13 Å². The maximum Gasteiger partial charge on any atom is 0.168 e. The molecule has 0 N–H and O–H groups in total. The fourth-order valence-corrected chi connectivity index (χ4v) is 14.8. The van der Waals surface area contributed by atoms with E-state index in [9.17, 15) is 0 Å². The van der Waals surface area contributed by atoms with Crippen LogP contribution in [0.3, 0.4) is 0 Å². The van der Waals surface area contributed by atoms with Crippen LogP contribution in [0.25, 0.3) is 184 Å². The van der Waals surface area contributed by atoms with Gasteiger partial charge in [-0.25, -0.2) is 19.9 Å². The Kier molecular flexibility index (Phi) is 14.2. The predicted molar refractivity (Wildman–Crippen MR) is 418 cm³/mol. The van der Waals surface area contributed by atoms with Crippen LogP contribution >= 0.6 is 0 Å². The smallest absolute Gasteiger partial charge is 0.168 e. The Morgan fingerprint density at radius 3 is 1.37 bits per heavy atom. The maximum atomic E-state index is 5.33. The summed E-state index contributed by atoms with van der Waals surface area (Å²) in [5.74, 6) is 2.73. The first-order valence-electron chi connectivity index (χ1n) is 33.9. The number of aromatic nitrogens is 9. The van der Waals surface area contributed by atoms with Crippen molar-refractivity contribution in [1.82, 2.24) is 43.8 Å². The molecule has 0 saturated carbocycles. The Labute approximate surface area is 581 Å². The molecule has 19 rings (SSSR count). The summed E-state index contributed by atoms with van der Waals surface area (Å²) >= 11 is 0. The van der Waals surface area contributed by atoms with Crippen molar-refractivity contribution in [1.29, 1.82) is 0 Å². The number of allylic oxidation sites excluding steroid dienone is 4. The van der Waals surface area contributed by atoms with Crippen LogP contribution in [0.1, 0.15) is 11.3 Å². The van der Waals surface area contributed by atoms with Crippen molar-refractivity contribution < 1.29 is 0 Å². The zero-order valence-electron chi connectivity index (χ0n) is 54.6. The van der Waals surface area contributed by atoms with Crippen molar-refractivity contribution in [2.24, 2.45) is 0 Å². The fraction of sp³-hybridized carbons (Fsp3) is 0. The van der Waals surface area contributed by atoms with Crippen molar-refractivity contribution in [3.05, 3.63) is 358 Å². The summed E-state index contributed by atoms with van der Waals surface area (Å²) < 4.78 is 6.88. The fourth-order valence-electron chi connectivity index (χ4n) is 14.8. The maximum absolute atomic E-state index is 5.33. The molecule has 472 valence electrons. The lowest BCUT2D eigenvalue weighted by atomic mass is 9.96. The molecule has 0 aliphatic heterocycles. The molecule has 0 atom stereocenters. The molecule has 0 fully saturated rings. The van der Waals surface area contributed by atoms with Gasteiger partial charge in [-0.1, -0.05) is 255 Å². The third-order valence-electron chi connectivity index (χ3n) is 19.6. The molecule has 0 unspecified atom stereocenters. The predicted octanol–water partition coefficient (Wildman–Crippen LogP) is 22.9. The molecule has 101 heavy (non-hydrogen) atoms. The molecule has 5 heterocycles. The topological polar surface area (TPSA) is 92.1 Å². The molecule has 19 aromatic rings. The van der Waals surface area contributed by atoms with E-state index >= 15 is 0 Å². The summed E-state index contributed by atoms with van der Waals surface area (Å²) in [4.78, 5) is 20.9. The second-order valence-corrected chi connectivity index (χ2v) is 25.5. The Morgan fingerprint density at radius 1 is 0.307 bits per heavy atom. The van der Waals surface area contributed by atoms with Gasteiger partial charge >= 0.3 is 0 Å². The minimum Gasteiger partial charge on any atom is -0.309 e. The number of hydrogen-bond donors (Lipinski definition) is 0. The Bertz CT molecular complexity index is 6560. The molecule has 0 radical (unpaired) electrons. The minimum atomic E-state index is 0.630. The van der Waals surface area contributed by atoms with Crippen LogP contribution in [0.5, 0.6) is 0 Å². The van der Waals surface area contributed by atoms with Crippen LogP contribution in [-0.4, -0.2) is 43.8 Å². The highest BCUT2D eigenvalue weighted by molar-refractivity contribution is 6.12. The van der Waals surface area contributed by atoms with E-state index in [4.69, 9.17) is 30.1 Å². The van der Waals surface area contributed by atoms with Crippen LogP contribution in [0.15, 0.2) is 346 Å². The minimum absolute atomic E-state index is 0.630. The average molecular weight is 1290 g/mol. The standard InChI is InChI=1S/C92H59N9/c1-2-59(23-18-24-61-26-19-25-60-21-6-8-30-72(60)61)87-79-34-10-14-37-81(79)93-89(95-87)65-45-51-70(52-46-65)99-83-39-16-12-32-75(83)77-55-49-67(57-85(77)99)91-97-98-92(101(91)69-28-4-3-5-29-69)68-50-56-78-76-33-13-17-40-84(76)100(86(78)58-68)71-53-47-66(48-54-71)90-94-82-38-15-11-35-80(82)88(96-90)64-43-41-63(42-44-64)74-36-20-27-62-22-7-9-31-73(62)74/h2-58H,1H2/b24-18+,59-23+. The monoisotopic (exact) mass is 1290 g/mol. The molecular formula is C92H59N9. The van der Waals surface area contributed by atoms with Gasteiger partial charge in [-0.3, -0.25) is 4.57 Å². The lowest BCUT2D eigenvalue weighted by molar-refractivity contribution is 1.07. The van der Waals surface area contributed by atoms with Crippen molar-refractivity contribution >= 4 is 98.6 Å². The molecule has 0 aliphatic carbocycles. The van der Waals surface area contributed by atoms with E-state index in [0.717, 1.165) is 150 Å². The Morgan fingerprint density at radius 2 is 0.752 bits per heavy atom. The van der Waals surface area contributed by atoms with E-state index in [0.29, 0.717) is 11.6 Å². The number of nitrogens with zero attached hydrogens (tertiary/aromatic N) is 9. The van der Waals surface area contributed by atoms with Gasteiger partial charge in [-0.15, -0.1) is 10.2 Å². The highest BCUT2D eigenvalue weighted by Crippen LogP contribution is 2.41. The number of rotatable bonds is 13. The van der Waals surface area contributed by atoms with Gasteiger partial charge in [0.2, 0.25) is 0 Å². The molecule has 9 heteroatoms. The highest BCUT2D eigenvalue weighted by Gasteiger charge is 2.23. The summed E-state index contributed by atoms with van der Waals surface area (Å²) in [5.41, 5.74) is 19.8. The summed E-state index contributed by atoms with van der Waals surface area (Å²) in [7, 11) is 0. The summed E-state index contributed by atoms with van der Waals surface area (Å²) in [5, 5.41) is 21.6. The molecule has 14 aromatic carbocycles. The van der Waals surface area contributed by atoms with E-state index in [1.54, 1.807) is 0 Å². The van der Waals surface area contributed by atoms with Gasteiger partial charge in [-0.05, 0) is 135 Å². The SMILES string of the molecule is C=C/C(=C\C=C\c1cccc2ccccc12)c1nc(-c2ccc(-n3c4ccccc4c4ccc(-c5nnc(-c6ccc7c8ccccc8n(-c8ccc(-c9nc(-c%10ccc(-c%11cccc%12ccccc%11%12)cc%10)c%10ccccc%10n9)cc8)c7c6)n5-c5ccccc5)cc43)cc2)nc2ccccc12. The normalized spacial score (nSPS) is 12.0. The van der Waals surface area contributed by atoms with Crippen LogP contribution in [0.4, 0.5) is 0 Å². The van der Waals surface area contributed by atoms with E-state index in [1.165, 1.54) is 27.1 Å². The van der Waals surface area contributed by atoms with Crippen molar-refractivity contribution in [3.63, 3.8) is 0 Å². The van der Waals surface area contributed by atoms with Crippen molar-refractivity contribution in [2.45, 2.75) is 0 Å². The first kappa shape index (κ1) is 58.6. The molecule has 0 saturated heterocycles. The molecule has 9 nitrogen and oxygen atoms in total. The van der Waals surface area contributed by atoms with E-state index in [2.05, 4.69) is 330 Å². The molecular weight excluding hydrogens is 1230 g/mol. The van der Waals surface area contributed by atoms with Gasteiger partial charge in [0.05, 0.1) is 44.5 Å². The molecule has 0 spiro atoms. The average Bonchev–Trinajstić information content (AvgIpc) is 1.59. The second-order valence-electron chi connectivity index (χ2n) is 25.5. The summed E-state index contributed by atoms with van der Waals surface area (Å²) in [6, 6.07) is 113. The van der Waals surface area contributed by atoms with Crippen LogP contribution < -0.4 is 0 Å². The Hall–Kier alpha value is -13.8. The number of benzene rings is 14. The number of hydrogen-bond acceptors (Lipinski definition) is 6. The lowest BCUT2D eigenvalue weighted by Gasteiger charge is -2.13. The largest absolute Gasteiger partial charge is 0.309 e. The van der Waals surface area contributed by atoms with Gasteiger partial charge in [0, 0.05) is 82.8 Å². The summed E-state index contributed by atoms with van der Waals surface area (Å²) in [6.45, 7) is 4.25. The Balaban J connectivity index is 0.671. The van der Waals surface area contributed by atoms with E-state index in [-0.39, 0.29) is 0 Å². The molecule has 5 aromatic heterocycles. The van der Waals surface area contributed by atoms with Crippen molar-refractivity contribution in [2.75, 3.05) is 0 Å². The molecule has 0 bridgehead atoms. The number of fused-ring (bicyclic) bond motifs is 10. The quantitative estimate of drug-likeness (QED) is 0.107. The van der Waals surface area contributed by atoms with Gasteiger partial charge in [0.1, 0.15) is 0 Å². The van der Waals surface area contributed by atoms with Crippen LogP contribution in [0.2, 0.25) is 0 Å². The third-order valence-corrected chi connectivity index (χ3v) is 19.6. The molecule has 0 amide bonds. The molecule has 0 aliphatic rings. The first-order chi connectivity index (χ1) is 50.0. The van der Waals surface area contributed by atoms with Crippen molar-refractivity contribution in [3.8, 4) is 85.0 Å². The third kappa shape index (κ3) is 10.2. The van der Waals surface area contributed by atoms with E-state index in [1.807, 2.05) is 36.4 Å². The van der Waals surface area contributed by atoms with Gasteiger partial charge in [-0.2, -0.15) is 0 Å². The van der Waals surface area contributed by atoms with Crippen LogP contribution in [-0.2, 0) is 0 Å². The van der Waals surface area contributed by atoms with Gasteiger partial charge in [0.15, 0.2) is 23.3 Å². The number of para-hydroxylation sites is 5. The zero-order chi connectivity index (χ0) is 66.9.